The Morgan fingerprint density at radius 3 is 3.04 bits per heavy atom. The van der Waals surface area contributed by atoms with Gasteiger partial charge < -0.3 is 15.2 Å². The lowest BCUT2D eigenvalue weighted by atomic mass is 10.1. The van der Waals surface area contributed by atoms with Gasteiger partial charge in [-0.15, -0.1) is 0 Å². The summed E-state index contributed by atoms with van der Waals surface area (Å²) in [5.41, 5.74) is 1.65. The molecule has 0 bridgehead atoms. The van der Waals surface area contributed by atoms with E-state index in [-0.39, 0.29) is 22.9 Å². The fourth-order valence-corrected chi connectivity index (χ4v) is 4.28. The van der Waals surface area contributed by atoms with Gasteiger partial charge in [-0.05, 0) is 31.9 Å². The second-order valence-electron chi connectivity index (χ2n) is 6.62. The summed E-state index contributed by atoms with van der Waals surface area (Å²) in [5.74, 6) is -0.317. The van der Waals surface area contributed by atoms with E-state index in [2.05, 4.69) is 21.3 Å². The maximum atomic E-state index is 12.5. The number of carbonyl (C=O) groups excluding carboxylic acids is 1. The highest BCUT2D eigenvalue weighted by atomic mass is 32.1. The van der Waals surface area contributed by atoms with Gasteiger partial charge >= 0.3 is 0 Å². The van der Waals surface area contributed by atoms with Crippen molar-refractivity contribution in [2.24, 2.45) is 0 Å². The molecule has 134 valence electrons. The number of carbonyl (C=O) groups is 1. The van der Waals surface area contributed by atoms with E-state index in [1.165, 1.54) is 17.0 Å². The molecule has 3 aromatic rings. The van der Waals surface area contributed by atoms with Crippen molar-refractivity contribution in [2.45, 2.75) is 25.8 Å². The van der Waals surface area contributed by atoms with E-state index >= 15 is 0 Å². The smallest absolute Gasteiger partial charge is 0.257 e. The molecular formula is C19H20N4O2S. The number of piperidine rings is 1. The number of thiazole rings is 1. The molecule has 1 atom stereocenters. The molecule has 0 radical (unpaired) electrons. The van der Waals surface area contributed by atoms with Crippen LogP contribution in [0.3, 0.4) is 0 Å². The molecule has 1 aliphatic heterocycles. The molecule has 1 aliphatic rings. The van der Waals surface area contributed by atoms with E-state index in [1.807, 2.05) is 18.2 Å². The standard InChI is InChI=1S/C19H20N4O2S/c1-12-9-16(24)14(10-20-12)18(25)21-13-5-4-8-23(11-13)19-22-15-6-2-3-7-17(15)26-19/h2-3,6-7,9-10,13H,4-5,8,11H2,1H3,(H,20,24)(H,21,25)/t13-/m1/s1. The van der Waals surface area contributed by atoms with Gasteiger partial charge in [-0.25, -0.2) is 4.98 Å². The topological polar surface area (TPSA) is 78.1 Å². The van der Waals surface area contributed by atoms with E-state index in [4.69, 9.17) is 4.98 Å². The molecule has 26 heavy (non-hydrogen) atoms. The van der Waals surface area contributed by atoms with Crippen molar-refractivity contribution in [3.63, 3.8) is 0 Å². The first-order valence-corrected chi connectivity index (χ1v) is 9.52. The van der Waals surface area contributed by atoms with Crippen molar-refractivity contribution in [3.05, 3.63) is 58.0 Å². The molecule has 4 rings (SSSR count). The van der Waals surface area contributed by atoms with E-state index in [9.17, 15) is 9.59 Å². The van der Waals surface area contributed by atoms with Crippen LogP contribution in [0.15, 0.2) is 41.3 Å². The number of aryl methyl sites for hydroxylation is 1. The summed E-state index contributed by atoms with van der Waals surface area (Å²) >= 11 is 1.67. The molecule has 1 fully saturated rings. The molecule has 1 aromatic carbocycles. The SMILES string of the molecule is Cc1cc(=O)c(C(=O)N[C@@H]2CCCN(c3nc4ccccc4s3)C2)c[nH]1. The Kier molecular flexibility index (Phi) is 4.46. The van der Waals surface area contributed by atoms with Crippen LogP contribution in [0.4, 0.5) is 5.13 Å². The Morgan fingerprint density at radius 2 is 2.23 bits per heavy atom. The number of hydrogen-bond donors (Lipinski definition) is 2. The van der Waals surface area contributed by atoms with Crippen LogP contribution in [0, 0.1) is 6.92 Å². The van der Waals surface area contributed by atoms with Crippen molar-refractivity contribution in [1.82, 2.24) is 15.3 Å². The first-order valence-electron chi connectivity index (χ1n) is 8.71. The largest absolute Gasteiger partial charge is 0.364 e. The van der Waals surface area contributed by atoms with Crippen LogP contribution in [-0.4, -0.2) is 35.0 Å². The average Bonchev–Trinajstić information content (AvgIpc) is 3.06. The van der Waals surface area contributed by atoms with Crippen molar-refractivity contribution < 1.29 is 4.79 Å². The Balaban J connectivity index is 1.48. The normalized spacial score (nSPS) is 17.4. The number of amides is 1. The van der Waals surface area contributed by atoms with Crippen LogP contribution >= 0.6 is 11.3 Å². The van der Waals surface area contributed by atoms with E-state index in [1.54, 1.807) is 18.3 Å². The number of fused-ring (bicyclic) bond motifs is 1. The summed E-state index contributed by atoms with van der Waals surface area (Å²) in [5, 5.41) is 3.99. The molecule has 6 nitrogen and oxygen atoms in total. The summed E-state index contributed by atoms with van der Waals surface area (Å²) in [6, 6.07) is 9.55. The maximum absolute atomic E-state index is 12.5. The van der Waals surface area contributed by atoms with Gasteiger partial charge in [0.25, 0.3) is 5.91 Å². The number of anilines is 1. The van der Waals surface area contributed by atoms with Crippen LogP contribution in [-0.2, 0) is 0 Å². The van der Waals surface area contributed by atoms with Crippen LogP contribution in [0.2, 0.25) is 0 Å². The van der Waals surface area contributed by atoms with Gasteiger partial charge in [-0.1, -0.05) is 23.5 Å². The monoisotopic (exact) mass is 368 g/mol. The fourth-order valence-electron chi connectivity index (χ4n) is 3.28. The summed E-state index contributed by atoms with van der Waals surface area (Å²) in [6.07, 6.45) is 3.36. The van der Waals surface area contributed by atoms with E-state index in [0.717, 1.165) is 35.7 Å². The molecule has 7 heteroatoms. The number of aromatic amines is 1. The van der Waals surface area contributed by atoms with Gasteiger partial charge in [-0.2, -0.15) is 0 Å². The molecule has 2 aromatic heterocycles. The predicted octanol–water partition coefficient (Wildman–Crippen LogP) is 2.69. The number of para-hydroxylation sites is 1. The minimum absolute atomic E-state index is 0.00367. The van der Waals surface area contributed by atoms with Gasteiger partial charge in [0.15, 0.2) is 10.6 Å². The third-order valence-electron chi connectivity index (χ3n) is 4.61. The Bertz CT molecular complexity index is 977. The van der Waals surface area contributed by atoms with Gasteiger partial charge in [0.05, 0.1) is 10.2 Å². The summed E-state index contributed by atoms with van der Waals surface area (Å²) in [4.78, 5) is 34.3. The van der Waals surface area contributed by atoms with Gasteiger partial charge in [0, 0.05) is 37.1 Å². The lowest BCUT2D eigenvalue weighted by Gasteiger charge is -2.32. The molecule has 1 saturated heterocycles. The van der Waals surface area contributed by atoms with Gasteiger partial charge in [0.2, 0.25) is 0 Å². The van der Waals surface area contributed by atoms with Crippen molar-refractivity contribution >= 4 is 32.6 Å². The number of nitrogens with one attached hydrogen (secondary N) is 2. The van der Waals surface area contributed by atoms with Crippen molar-refractivity contribution in [3.8, 4) is 0 Å². The Labute approximate surface area is 154 Å². The molecule has 3 heterocycles. The zero-order valence-corrected chi connectivity index (χ0v) is 15.3. The minimum atomic E-state index is -0.317. The first-order chi connectivity index (χ1) is 12.6. The Hall–Kier alpha value is -2.67. The first kappa shape index (κ1) is 16.8. The molecule has 0 unspecified atom stereocenters. The van der Waals surface area contributed by atoms with Crippen LogP contribution in [0.25, 0.3) is 10.2 Å². The zero-order chi connectivity index (χ0) is 18.1. The van der Waals surface area contributed by atoms with Crippen LogP contribution in [0.1, 0.15) is 28.9 Å². The highest BCUT2D eigenvalue weighted by Gasteiger charge is 2.24. The molecular weight excluding hydrogens is 348 g/mol. The number of nitrogens with zero attached hydrogens (tertiary/aromatic N) is 2. The second kappa shape index (κ2) is 6.92. The Morgan fingerprint density at radius 1 is 1.38 bits per heavy atom. The number of hydrogen-bond acceptors (Lipinski definition) is 5. The van der Waals surface area contributed by atoms with Gasteiger partial charge in [-0.3, -0.25) is 9.59 Å². The fraction of sp³-hybridized carbons (Fsp3) is 0.316. The highest BCUT2D eigenvalue weighted by Crippen LogP contribution is 2.30. The lowest BCUT2D eigenvalue weighted by molar-refractivity contribution is 0.0931. The van der Waals surface area contributed by atoms with Crippen LogP contribution in [0.5, 0.6) is 0 Å². The van der Waals surface area contributed by atoms with Crippen molar-refractivity contribution in [1.29, 1.82) is 0 Å². The van der Waals surface area contributed by atoms with Crippen LogP contribution < -0.4 is 15.6 Å². The molecule has 2 N–H and O–H groups in total. The lowest BCUT2D eigenvalue weighted by Crippen LogP contribution is -2.48. The maximum Gasteiger partial charge on any atom is 0.257 e. The summed E-state index contributed by atoms with van der Waals surface area (Å²) < 4.78 is 1.17. The van der Waals surface area contributed by atoms with Crippen molar-refractivity contribution in [2.75, 3.05) is 18.0 Å². The molecule has 0 aliphatic carbocycles. The minimum Gasteiger partial charge on any atom is -0.364 e. The second-order valence-corrected chi connectivity index (χ2v) is 7.63. The molecule has 0 spiro atoms. The zero-order valence-electron chi connectivity index (χ0n) is 14.5. The summed E-state index contributed by atoms with van der Waals surface area (Å²) in [7, 11) is 0. The van der Waals surface area contributed by atoms with E-state index < -0.39 is 0 Å². The summed E-state index contributed by atoms with van der Waals surface area (Å²) in [6.45, 7) is 3.42. The molecule has 1 amide bonds. The average molecular weight is 368 g/mol. The number of H-pyrrole nitrogens is 1. The predicted molar refractivity (Wildman–Crippen MR) is 104 cm³/mol. The third kappa shape index (κ3) is 3.35. The quantitative estimate of drug-likeness (QED) is 0.745. The third-order valence-corrected chi connectivity index (χ3v) is 5.71. The highest BCUT2D eigenvalue weighted by molar-refractivity contribution is 7.22. The number of rotatable bonds is 3. The number of pyridine rings is 1. The molecule has 0 saturated carbocycles. The number of benzene rings is 1. The number of aromatic nitrogens is 2. The van der Waals surface area contributed by atoms with E-state index in [0.29, 0.717) is 6.54 Å². The van der Waals surface area contributed by atoms with Gasteiger partial charge in [0.1, 0.15) is 5.56 Å².